The Labute approximate surface area is 262 Å². The van der Waals surface area contributed by atoms with Crippen molar-refractivity contribution in [3.63, 3.8) is 0 Å². The quantitative estimate of drug-likeness (QED) is 0.177. The Hall–Kier alpha value is -4.28. The van der Waals surface area contributed by atoms with Crippen LogP contribution in [0.2, 0.25) is 6.32 Å². The number of likely N-dealkylation sites (tertiary alicyclic amines) is 1. The molecule has 0 bridgehead atoms. The first-order valence-electron chi connectivity index (χ1n) is 15.5. The maximum atomic E-state index is 14.2. The maximum absolute atomic E-state index is 14.2. The molecule has 10 heteroatoms. The highest BCUT2D eigenvalue weighted by molar-refractivity contribution is 6.43. The van der Waals surface area contributed by atoms with Crippen LogP contribution in [0.1, 0.15) is 43.9 Å². The number of aromatic hydroxyl groups is 1. The van der Waals surface area contributed by atoms with Crippen molar-refractivity contribution in [1.82, 2.24) is 9.88 Å². The highest BCUT2D eigenvalue weighted by Gasteiger charge is 2.57. The van der Waals surface area contributed by atoms with Gasteiger partial charge in [0.1, 0.15) is 12.4 Å². The van der Waals surface area contributed by atoms with Crippen molar-refractivity contribution in [2.45, 2.75) is 45.0 Å². The van der Waals surface area contributed by atoms with Gasteiger partial charge < -0.3 is 19.5 Å². The number of para-hydroxylation sites is 1. The summed E-state index contributed by atoms with van der Waals surface area (Å²) in [6.07, 6.45) is 5.16. The number of hydrogen-bond acceptors (Lipinski definition) is 7. The molecule has 0 spiro atoms. The number of allylic oxidation sites excluding steroid dienone is 1. The number of rotatable bonds is 10. The molecule has 2 N–H and O–H groups in total. The standard InChI is InChI=1S/C35H36BFN2O6/c1-2-16-39-34(41)26-19-24(21-44-25-8-4-3-5-9-25)32-27(33(26)35(39)42)20-36(43)45-31(32)14-12-23(29-10-6-7-15-38-29)17-22-11-13-30(40)28(37)18-22/h3-11,13,15,17-18,26-27,31,33,40,43H,2,12,14,16,19-21H2,1H3/b23-17-/t26-,27+,31-,33-/m1/s1. The molecular formula is C35H36BFN2O6. The summed E-state index contributed by atoms with van der Waals surface area (Å²) < 4.78 is 26.6. The Bertz CT molecular complexity index is 1610. The summed E-state index contributed by atoms with van der Waals surface area (Å²) in [6, 6.07) is 19.2. The van der Waals surface area contributed by atoms with Gasteiger partial charge in [0, 0.05) is 12.7 Å². The molecule has 1 aromatic heterocycles. The minimum Gasteiger partial charge on any atom is -0.505 e. The summed E-state index contributed by atoms with van der Waals surface area (Å²) in [5, 5.41) is 20.6. The second-order valence-electron chi connectivity index (χ2n) is 11.9. The lowest BCUT2D eigenvalue weighted by molar-refractivity contribution is -0.140. The van der Waals surface area contributed by atoms with E-state index in [4.69, 9.17) is 9.39 Å². The Kier molecular flexibility index (Phi) is 9.14. The second-order valence-corrected chi connectivity index (χ2v) is 11.9. The van der Waals surface area contributed by atoms with E-state index in [-0.39, 0.29) is 30.7 Å². The number of benzene rings is 2. The lowest BCUT2D eigenvalue weighted by Crippen LogP contribution is -2.46. The van der Waals surface area contributed by atoms with Crippen LogP contribution in [-0.4, -0.2) is 58.2 Å². The number of carbonyl (C=O) groups is 2. The first-order valence-corrected chi connectivity index (χ1v) is 15.5. The van der Waals surface area contributed by atoms with Gasteiger partial charge in [-0.1, -0.05) is 37.3 Å². The van der Waals surface area contributed by atoms with Crippen LogP contribution in [0.15, 0.2) is 84.1 Å². The van der Waals surface area contributed by atoms with Gasteiger partial charge in [0.25, 0.3) is 0 Å². The Morgan fingerprint density at radius 1 is 1.11 bits per heavy atom. The van der Waals surface area contributed by atoms with Gasteiger partial charge in [-0.3, -0.25) is 19.5 Å². The number of nitrogens with zero attached hydrogens (tertiary/aromatic N) is 2. The van der Waals surface area contributed by atoms with Crippen LogP contribution >= 0.6 is 0 Å². The fourth-order valence-corrected chi connectivity index (χ4v) is 7.02. The monoisotopic (exact) mass is 610 g/mol. The molecule has 2 amide bonds. The number of halogens is 1. The van der Waals surface area contributed by atoms with Crippen molar-refractivity contribution in [1.29, 1.82) is 0 Å². The summed E-state index contributed by atoms with van der Waals surface area (Å²) in [5.41, 5.74) is 3.93. The molecule has 3 aliphatic rings. The van der Waals surface area contributed by atoms with E-state index < -0.39 is 36.6 Å². The van der Waals surface area contributed by atoms with Crippen LogP contribution in [0.3, 0.4) is 0 Å². The molecule has 0 radical (unpaired) electrons. The van der Waals surface area contributed by atoms with E-state index in [0.29, 0.717) is 49.2 Å². The van der Waals surface area contributed by atoms with Crippen LogP contribution in [0, 0.1) is 23.6 Å². The van der Waals surface area contributed by atoms with Crippen LogP contribution in [0.4, 0.5) is 4.39 Å². The molecule has 2 saturated heterocycles. The number of pyridine rings is 1. The molecule has 3 heterocycles. The second kappa shape index (κ2) is 13.4. The molecule has 0 unspecified atom stereocenters. The molecule has 232 valence electrons. The lowest BCUT2D eigenvalue weighted by Gasteiger charge is -2.43. The average molecular weight is 610 g/mol. The molecule has 6 rings (SSSR count). The summed E-state index contributed by atoms with van der Waals surface area (Å²) in [6.45, 7) is 2.56. The number of imide groups is 1. The highest BCUT2D eigenvalue weighted by Crippen LogP contribution is 2.51. The molecule has 2 aliphatic heterocycles. The van der Waals surface area contributed by atoms with Crippen molar-refractivity contribution in [3.05, 3.63) is 101 Å². The van der Waals surface area contributed by atoms with Gasteiger partial charge in [-0.15, -0.1) is 0 Å². The summed E-state index contributed by atoms with van der Waals surface area (Å²) in [5.74, 6) is -2.18. The first kappa shape index (κ1) is 30.7. The van der Waals surface area contributed by atoms with E-state index in [2.05, 4.69) is 4.98 Å². The van der Waals surface area contributed by atoms with Crippen LogP contribution in [-0.2, 0) is 14.2 Å². The Morgan fingerprint density at radius 3 is 2.64 bits per heavy atom. The van der Waals surface area contributed by atoms with E-state index in [0.717, 1.165) is 16.7 Å². The molecule has 4 atom stereocenters. The van der Waals surface area contributed by atoms with Gasteiger partial charge in [-0.25, -0.2) is 4.39 Å². The molecule has 3 aromatic rings. The zero-order chi connectivity index (χ0) is 31.5. The number of fused-ring (bicyclic) bond motifs is 3. The Balaban J connectivity index is 1.35. The summed E-state index contributed by atoms with van der Waals surface area (Å²) in [4.78, 5) is 33.1. The van der Waals surface area contributed by atoms with Crippen molar-refractivity contribution in [3.8, 4) is 11.5 Å². The van der Waals surface area contributed by atoms with Crippen LogP contribution < -0.4 is 4.74 Å². The minimum atomic E-state index is -1.10. The molecule has 2 fully saturated rings. The van der Waals surface area contributed by atoms with E-state index in [1.165, 1.54) is 17.0 Å². The highest BCUT2D eigenvalue weighted by atomic mass is 19.1. The van der Waals surface area contributed by atoms with Gasteiger partial charge in [-0.05, 0) is 103 Å². The zero-order valence-electron chi connectivity index (χ0n) is 25.1. The number of phenolic OH excluding ortho intramolecular Hbond substituents is 1. The lowest BCUT2D eigenvalue weighted by atomic mass is 9.58. The van der Waals surface area contributed by atoms with Gasteiger partial charge in [0.2, 0.25) is 11.8 Å². The molecule has 8 nitrogen and oxygen atoms in total. The zero-order valence-corrected chi connectivity index (χ0v) is 25.1. The number of phenols is 1. The first-order chi connectivity index (χ1) is 21.8. The van der Waals surface area contributed by atoms with Crippen LogP contribution in [0.25, 0.3) is 11.6 Å². The Morgan fingerprint density at radius 2 is 1.91 bits per heavy atom. The normalized spacial score (nSPS) is 23.3. The molecule has 2 aromatic carbocycles. The number of carbonyl (C=O) groups excluding carboxylic acids is 2. The number of aromatic nitrogens is 1. The third-order valence-electron chi connectivity index (χ3n) is 8.99. The van der Waals surface area contributed by atoms with Gasteiger partial charge in [0.05, 0.1) is 23.6 Å². The largest absolute Gasteiger partial charge is 0.505 e. The number of ether oxygens (including phenoxy) is 1. The average Bonchev–Trinajstić information content (AvgIpc) is 3.29. The van der Waals surface area contributed by atoms with Crippen molar-refractivity contribution >= 4 is 30.6 Å². The molecule has 45 heavy (non-hydrogen) atoms. The van der Waals surface area contributed by atoms with Crippen LogP contribution in [0.5, 0.6) is 11.5 Å². The fourth-order valence-electron chi connectivity index (χ4n) is 7.02. The molecule has 1 aliphatic carbocycles. The number of amides is 2. The third-order valence-corrected chi connectivity index (χ3v) is 8.99. The van der Waals surface area contributed by atoms with Gasteiger partial charge >= 0.3 is 7.12 Å². The SMILES string of the molecule is CCCN1C(=O)[C@@H]2[C@@H](CC(COc3ccccc3)=C3[C@@H](CC/C(=C/c4ccc(O)c(F)c4)c4ccccn4)OB(O)C[C@@H]32)C1=O. The predicted octanol–water partition coefficient (Wildman–Crippen LogP) is 5.53. The minimum absolute atomic E-state index is 0.151. The van der Waals surface area contributed by atoms with Gasteiger partial charge in [0.15, 0.2) is 11.6 Å². The van der Waals surface area contributed by atoms with Crippen molar-refractivity contribution < 1.29 is 33.5 Å². The number of hydrogen-bond donors (Lipinski definition) is 2. The molecular weight excluding hydrogens is 574 g/mol. The van der Waals surface area contributed by atoms with E-state index in [9.17, 15) is 24.1 Å². The fraction of sp³-hybridized carbons (Fsp3) is 0.343. The van der Waals surface area contributed by atoms with Gasteiger partial charge in [-0.2, -0.15) is 0 Å². The van der Waals surface area contributed by atoms with Crippen molar-refractivity contribution in [2.24, 2.45) is 17.8 Å². The van der Waals surface area contributed by atoms with E-state index in [1.54, 1.807) is 12.3 Å². The van der Waals surface area contributed by atoms with E-state index >= 15 is 0 Å². The predicted molar refractivity (Wildman–Crippen MR) is 168 cm³/mol. The third kappa shape index (κ3) is 6.44. The smallest absolute Gasteiger partial charge is 0.455 e. The molecule has 0 saturated carbocycles. The summed E-state index contributed by atoms with van der Waals surface area (Å²) in [7, 11) is -1.10. The van der Waals surface area contributed by atoms with Crippen molar-refractivity contribution in [2.75, 3.05) is 13.2 Å². The summed E-state index contributed by atoms with van der Waals surface area (Å²) >= 11 is 0. The maximum Gasteiger partial charge on any atom is 0.455 e. The topological polar surface area (TPSA) is 109 Å². The van der Waals surface area contributed by atoms with E-state index in [1.807, 2.05) is 61.5 Å².